The van der Waals surface area contributed by atoms with Crippen molar-refractivity contribution in [3.05, 3.63) is 17.8 Å². The van der Waals surface area contributed by atoms with Crippen LogP contribution in [0.1, 0.15) is 25.0 Å². The van der Waals surface area contributed by atoms with Crippen molar-refractivity contribution in [1.82, 2.24) is 15.6 Å². The summed E-state index contributed by atoms with van der Waals surface area (Å²) in [7, 11) is 1.64. The van der Waals surface area contributed by atoms with E-state index in [1.165, 1.54) is 0 Å². The molecule has 0 aromatic carbocycles. The lowest BCUT2D eigenvalue weighted by atomic mass is 10.4. The van der Waals surface area contributed by atoms with Crippen molar-refractivity contribution in [2.45, 2.75) is 26.3 Å². The van der Waals surface area contributed by atoms with Gasteiger partial charge in [0.25, 0.3) is 0 Å². The van der Waals surface area contributed by atoms with E-state index in [9.17, 15) is 4.79 Å². The molecule has 1 heterocycles. The van der Waals surface area contributed by atoms with Crippen molar-refractivity contribution >= 4 is 5.91 Å². The van der Waals surface area contributed by atoms with E-state index in [2.05, 4.69) is 15.6 Å². The number of carbonyl (C=O) groups excluding carboxylic acids is 1. The first-order valence-electron chi connectivity index (χ1n) is 6.16. The Morgan fingerprint density at radius 2 is 2.39 bits per heavy atom. The molecule has 6 nitrogen and oxygen atoms in total. The summed E-state index contributed by atoms with van der Waals surface area (Å²) in [6, 6.07) is 0. The van der Waals surface area contributed by atoms with Crippen LogP contribution in [-0.2, 0) is 22.5 Å². The highest BCUT2D eigenvalue weighted by Crippen LogP contribution is 2.03. The number of amides is 1. The zero-order valence-electron chi connectivity index (χ0n) is 11.0. The molecular weight excluding hydrogens is 234 g/mol. The van der Waals surface area contributed by atoms with E-state index in [0.29, 0.717) is 25.6 Å². The zero-order chi connectivity index (χ0) is 13.2. The third kappa shape index (κ3) is 5.79. The van der Waals surface area contributed by atoms with Crippen LogP contribution < -0.4 is 10.6 Å². The number of methoxy groups -OCH3 is 1. The van der Waals surface area contributed by atoms with Gasteiger partial charge < -0.3 is 14.5 Å². The van der Waals surface area contributed by atoms with Crippen LogP contribution in [-0.4, -0.2) is 37.7 Å². The van der Waals surface area contributed by atoms with Crippen molar-refractivity contribution in [3.63, 3.8) is 0 Å². The van der Waals surface area contributed by atoms with E-state index < -0.39 is 0 Å². The number of ether oxygens (including phenoxy) is 1. The van der Waals surface area contributed by atoms with Gasteiger partial charge in [-0.25, -0.2) is 4.98 Å². The molecule has 1 aromatic rings. The summed E-state index contributed by atoms with van der Waals surface area (Å²) < 4.78 is 10.3. The van der Waals surface area contributed by atoms with Crippen LogP contribution in [0.4, 0.5) is 0 Å². The van der Waals surface area contributed by atoms with Crippen LogP contribution in [0.2, 0.25) is 0 Å². The van der Waals surface area contributed by atoms with Crippen LogP contribution in [0.25, 0.3) is 0 Å². The largest absolute Gasteiger partial charge is 0.444 e. The fourth-order valence-corrected chi connectivity index (χ4v) is 1.38. The predicted octanol–water partition coefficient (Wildman–Crippen LogP) is 0.479. The maximum absolute atomic E-state index is 11.4. The second-order valence-electron chi connectivity index (χ2n) is 3.87. The highest BCUT2D eigenvalue weighted by atomic mass is 16.5. The number of hydrogen-bond donors (Lipinski definition) is 2. The van der Waals surface area contributed by atoms with Crippen molar-refractivity contribution in [2.24, 2.45) is 0 Å². The first-order valence-corrected chi connectivity index (χ1v) is 6.16. The smallest absolute Gasteiger partial charge is 0.233 e. The van der Waals surface area contributed by atoms with Gasteiger partial charge in [-0.1, -0.05) is 6.92 Å². The maximum atomic E-state index is 11.4. The zero-order valence-corrected chi connectivity index (χ0v) is 11.0. The topological polar surface area (TPSA) is 76.4 Å². The summed E-state index contributed by atoms with van der Waals surface area (Å²) >= 11 is 0. The molecule has 1 aromatic heterocycles. The third-order valence-electron chi connectivity index (χ3n) is 2.36. The number of aryl methyl sites for hydroxylation is 1. The van der Waals surface area contributed by atoms with Gasteiger partial charge in [0.15, 0.2) is 0 Å². The minimum absolute atomic E-state index is 0.0339. The molecule has 0 aliphatic heterocycles. The van der Waals surface area contributed by atoms with E-state index in [1.807, 2.05) is 6.92 Å². The maximum Gasteiger partial charge on any atom is 0.233 e. The molecule has 0 saturated carbocycles. The molecule has 0 atom stereocenters. The molecular formula is C12H21N3O3. The number of nitrogens with zero attached hydrogens (tertiary/aromatic N) is 1. The molecule has 0 unspecified atom stereocenters. The van der Waals surface area contributed by atoms with Gasteiger partial charge in [0.1, 0.15) is 5.76 Å². The minimum Gasteiger partial charge on any atom is -0.444 e. The van der Waals surface area contributed by atoms with E-state index in [4.69, 9.17) is 9.15 Å². The fourth-order valence-electron chi connectivity index (χ4n) is 1.38. The van der Waals surface area contributed by atoms with Gasteiger partial charge in [0.05, 0.1) is 19.3 Å². The molecule has 1 amide bonds. The summed E-state index contributed by atoms with van der Waals surface area (Å²) in [5.74, 6) is 1.43. The number of aromatic nitrogens is 1. The van der Waals surface area contributed by atoms with Gasteiger partial charge in [-0.3, -0.25) is 10.1 Å². The molecule has 6 heteroatoms. The lowest BCUT2D eigenvalue weighted by molar-refractivity contribution is -0.120. The van der Waals surface area contributed by atoms with Crippen LogP contribution in [0, 0.1) is 0 Å². The molecule has 0 aliphatic carbocycles. The average molecular weight is 255 g/mol. The molecule has 1 rings (SSSR count). The SMILES string of the molecule is CCc1cnc(CNCC(=O)NCCCOC)o1. The van der Waals surface area contributed by atoms with Crippen molar-refractivity contribution < 1.29 is 13.9 Å². The third-order valence-corrected chi connectivity index (χ3v) is 2.36. The first kappa shape index (κ1) is 14.7. The Balaban J connectivity index is 2.07. The molecule has 2 N–H and O–H groups in total. The Kier molecular flexibility index (Phi) is 7.05. The summed E-state index contributed by atoms with van der Waals surface area (Å²) in [5.41, 5.74) is 0. The Bertz CT molecular complexity index is 352. The first-order chi connectivity index (χ1) is 8.76. The van der Waals surface area contributed by atoms with Crippen molar-refractivity contribution in [1.29, 1.82) is 0 Å². The van der Waals surface area contributed by atoms with Gasteiger partial charge >= 0.3 is 0 Å². The summed E-state index contributed by atoms with van der Waals surface area (Å²) in [6.45, 7) is 4.02. The quantitative estimate of drug-likeness (QED) is 0.628. The normalized spacial score (nSPS) is 10.6. The van der Waals surface area contributed by atoms with Gasteiger partial charge in [-0.15, -0.1) is 0 Å². The number of carbonyl (C=O) groups is 1. The Hall–Kier alpha value is -1.40. The van der Waals surface area contributed by atoms with E-state index in [-0.39, 0.29) is 12.5 Å². The summed E-state index contributed by atoms with van der Waals surface area (Å²) in [6.07, 6.45) is 3.36. The molecule has 0 saturated heterocycles. The van der Waals surface area contributed by atoms with Crippen molar-refractivity contribution in [2.75, 3.05) is 26.8 Å². The minimum atomic E-state index is -0.0339. The van der Waals surface area contributed by atoms with E-state index >= 15 is 0 Å². The summed E-state index contributed by atoms with van der Waals surface area (Å²) in [5, 5.41) is 5.77. The number of oxazole rings is 1. The summed E-state index contributed by atoms with van der Waals surface area (Å²) in [4.78, 5) is 15.5. The second kappa shape index (κ2) is 8.66. The van der Waals surface area contributed by atoms with Crippen LogP contribution in [0.3, 0.4) is 0 Å². The van der Waals surface area contributed by atoms with Gasteiger partial charge in [0, 0.05) is 26.7 Å². The second-order valence-corrected chi connectivity index (χ2v) is 3.87. The fraction of sp³-hybridized carbons (Fsp3) is 0.667. The van der Waals surface area contributed by atoms with Crippen LogP contribution in [0.5, 0.6) is 0 Å². The van der Waals surface area contributed by atoms with Crippen molar-refractivity contribution in [3.8, 4) is 0 Å². The standard InChI is InChI=1S/C12H21N3O3/c1-3-10-7-15-12(18-10)9-13-8-11(16)14-5-4-6-17-2/h7,13H,3-6,8-9H2,1-2H3,(H,14,16). The number of rotatable bonds is 9. The molecule has 0 fully saturated rings. The Morgan fingerprint density at radius 3 is 3.06 bits per heavy atom. The Morgan fingerprint density at radius 1 is 1.56 bits per heavy atom. The number of nitrogens with one attached hydrogen (secondary N) is 2. The van der Waals surface area contributed by atoms with E-state index in [0.717, 1.165) is 18.6 Å². The number of hydrogen-bond acceptors (Lipinski definition) is 5. The average Bonchev–Trinajstić information content (AvgIpc) is 2.83. The highest BCUT2D eigenvalue weighted by Gasteiger charge is 2.04. The van der Waals surface area contributed by atoms with E-state index in [1.54, 1.807) is 13.3 Å². The highest BCUT2D eigenvalue weighted by molar-refractivity contribution is 5.77. The van der Waals surface area contributed by atoms with Crippen LogP contribution >= 0.6 is 0 Å². The molecule has 102 valence electrons. The van der Waals surface area contributed by atoms with Gasteiger partial charge in [0.2, 0.25) is 11.8 Å². The Labute approximate surface area is 107 Å². The lowest BCUT2D eigenvalue weighted by Gasteiger charge is -2.05. The van der Waals surface area contributed by atoms with Gasteiger partial charge in [-0.05, 0) is 6.42 Å². The molecule has 0 radical (unpaired) electrons. The monoisotopic (exact) mass is 255 g/mol. The molecule has 18 heavy (non-hydrogen) atoms. The molecule has 0 bridgehead atoms. The van der Waals surface area contributed by atoms with Gasteiger partial charge in [-0.2, -0.15) is 0 Å². The predicted molar refractivity (Wildman–Crippen MR) is 67.1 cm³/mol. The molecule has 0 aliphatic rings. The lowest BCUT2D eigenvalue weighted by Crippen LogP contribution is -2.34. The molecule has 0 spiro atoms. The van der Waals surface area contributed by atoms with Crippen LogP contribution in [0.15, 0.2) is 10.6 Å².